The van der Waals surface area contributed by atoms with Crippen LogP contribution in [0.4, 0.5) is 5.69 Å². The maximum absolute atomic E-state index is 13.0. The van der Waals surface area contributed by atoms with E-state index in [9.17, 15) is 14.7 Å². The molecule has 4 rings (SSSR count). The summed E-state index contributed by atoms with van der Waals surface area (Å²) in [7, 11) is 1.54. The minimum Gasteiger partial charge on any atom is -0.497 e. The van der Waals surface area contributed by atoms with Crippen LogP contribution in [-0.2, 0) is 16.8 Å². The van der Waals surface area contributed by atoms with Gasteiger partial charge in [0, 0.05) is 16.8 Å². The minimum atomic E-state index is -1.82. The number of ether oxygens (including phenoxy) is 1. The zero-order chi connectivity index (χ0) is 16.9. The van der Waals surface area contributed by atoms with Crippen molar-refractivity contribution in [2.24, 2.45) is 5.92 Å². The van der Waals surface area contributed by atoms with Crippen molar-refractivity contribution in [1.29, 1.82) is 0 Å². The molecular formula is C19H17NO4. The van der Waals surface area contributed by atoms with Crippen molar-refractivity contribution >= 4 is 17.4 Å². The molecule has 0 radical (unpaired) electrons. The minimum absolute atomic E-state index is 0.218. The summed E-state index contributed by atoms with van der Waals surface area (Å²) < 4.78 is 5.20. The average Bonchev–Trinajstić information content (AvgIpc) is 2.87. The van der Waals surface area contributed by atoms with Gasteiger partial charge in [0.15, 0.2) is 11.4 Å². The van der Waals surface area contributed by atoms with Crippen molar-refractivity contribution in [3.05, 3.63) is 59.2 Å². The van der Waals surface area contributed by atoms with Crippen molar-refractivity contribution in [2.75, 3.05) is 12.4 Å². The zero-order valence-corrected chi connectivity index (χ0v) is 13.2. The lowest BCUT2D eigenvalue weighted by Gasteiger charge is -2.33. The molecule has 0 saturated carbocycles. The lowest BCUT2D eigenvalue weighted by atomic mass is 9.71. The Morgan fingerprint density at radius 1 is 1.21 bits per heavy atom. The zero-order valence-electron chi connectivity index (χ0n) is 13.2. The summed E-state index contributed by atoms with van der Waals surface area (Å²) in [4.78, 5) is 25.5. The number of amides is 1. The normalized spacial score (nSPS) is 25.0. The van der Waals surface area contributed by atoms with E-state index >= 15 is 0 Å². The van der Waals surface area contributed by atoms with Gasteiger partial charge in [-0.05, 0) is 36.6 Å². The number of carbonyl (C=O) groups is 2. The molecule has 2 atom stereocenters. The van der Waals surface area contributed by atoms with Crippen LogP contribution >= 0.6 is 0 Å². The molecule has 2 aliphatic rings. The fourth-order valence-corrected chi connectivity index (χ4v) is 3.76. The van der Waals surface area contributed by atoms with Gasteiger partial charge in [0.05, 0.1) is 13.0 Å². The van der Waals surface area contributed by atoms with Crippen LogP contribution in [0.3, 0.4) is 0 Å². The number of Topliss-reactive ketones (excluding diaryl/α,β-unsaturated/α-hetero) is 1. The molecule has 1 heterocycles. The number of nitrogens with one attached hydrogen (secondary N) is 1. The topological polar surface area (TPSA) is 75.6 Å². The van der Waals surface area contributed by atoms with Crippen LogP contribution in [0.25, 0.3) is 0 Å². The molecule has 1 aliphatic carbocycles. The van der Waals surface area contributed by atoms with E-state index < -0.39 is 17.4 Å². The van der Waals surface area contributed by atoms with Crippen molar-refractivity contribution in [1.82, 2.24) is 0 Å². The van der Waals surface area contributed by atoms with Gasteiger partial charge in [0.2, 0.25) is 0 Å². The van der Waals surface area contributed by atoms with E-state index in [-0.39, 0.29) is 5.78 Å². The van der Waals surface area contributed by atoms with Gasteiger partial charge in [-0.15, -0.1) is 0 Å². The van der Waals surface area contributed by atoms with Crippen LogP contribution in [-0.4, -0.2) is 23.9 Å². The van der Waals surface area contributed by atoms with Crippen LogP contribution in [0.2, 0.25) is 0 Å². The van der Waals surface area contributed by atoms with Crippen molar-refractivity contribution in [2.45, 2.75) is 18.4 Å². The highest BCUT2D eigenvalue weighted by Crippen LogP contribution is 2.45. The van der Waals surface area contributed by atoms with E-state index in [1.807, 2.05) is 12.1 Å². The van der Waals surface area contributed by atoms with Crippen LogP contribution < -0.4 is 10.1 Å². The third-order valence-electron chi connectivity index (χ3n) is 5.04. The number of anilines is 1. The summed E-state index contributed by atoms with van der Waals surface area (Å²) >= 11 is 0. The number of hydrogen-bond donors (Lipinski definition) is 2. The van der Waals surface area contributed by atoms with E-state index in [0.29, 0.717) is 35.4 Å². The predicted octanol–water partition coefficient (Wildman–Crippen LogP) is 2.28. The molecule has 0 bridgehead atoms. The van der Waals surface area contributed by atoms with Gasteiger partial charge in [-0.2, -0.15) is 0 Å². The van der Waals surface area contributed by atoms with Gasteiger partial charge in [-0.1, -0.05) is 24.3 Å². The van der Waals surface area contributed by atoms with E-state index in [2.05, 4.69) is 5.32 Å². The highest BCUT2D eigenvalue weighted by atomic mass is 16.5. The third-order valence-corrected chi connectivity index (χ3v) is 5.04. The van der Waals surface area contributed by atoms with Gasteiger partial charge >= 0.3 is 0 Å². The van der Waals surface area contributed by atoms with Crippen LogP contribution in [0.1, 0.15) is 27.9 Å². The summed E-state index contributed by atoms with van der Waals surface area (Å²) in [5.41, 5.74) is 0.659. The maximum atomic E-state index is 13.0. The number of ketones is 1. The Morgan fingerprint density at radius 2 is 2.00 bits per heavy atom. The number of hydrogen-bond acceptors (Lipinski definition) is 4. The Balaban J connectivity index is 1.80. The summed E-state index contributed by atoms with van der Waals surface area (Å²) in [6.07, 6.45) is 1.06. The fraction of sp³-hybridized carbons (Fsp3) is 0.263. The molecule has 0 unspecified atom stereocenters. The Hall–Kier alpha value is -2.66. The Kier molecular flexibility index (Phi) is 3.21. The number of aliphatic hydroxyl groups is 1. The van der Waals surface area contributed by atoms with Crippen molar-refractivity contribution < 1.29 is 19.4 Å². The molecule has 0 fully saturated rings. The first-order valence-electron chi connectivity index (χ1n) is 7.90. The first kappa shape index (κ1) is 14.9. The number of rotatable bonds is 2. The SMILES string of the molecule is COc1ccc2c(c1)C(=O)[C@H]([C@@]1(O)C(=O)Nc3ccccc31)CC2. The van der Waals surface area contributed by atoms with Crippen LogP contribution in [0, 0.1) is 5.92 Å². The molecule has 0 spiro atoms. The highest BCUT2D eigenvalue weighted by Gasteiger charge is 2.54. The molecule has 0 aromatic heterocycles. The molecule has 5 nitrogen and oxygen atoms in total. The first-order chi connectivity index (χ1) is 11.6. The molecule has 2 aromatic rings. The highest BCUT2D eigenvalue weighted by molar-refractivity contribution is 6.11. The Morgan fingerprint density at radius 3 is 2.79 bits per heavy atom. The second-order valence-electron chi connectivity index (χ2n) is 6.24. The second-order valence-corrected chi connectivity index (χ2v) is 6.24. The quantitative estimate of drug-likeness (QED) is 0.889. The molecular weight excluding hydrogens is 306 g/mol. The average molecular weight is 323 g/mol. The Labute approximate surface area is 139 Å². The number of fused-ring (bicyclic) bond motifs is 2. The Bertz CT molecular complexity index is 860. The molecule has 122 valence electrons. The van der Waals surface area contributed by atoms with E-state index in [0.717, 1.165) is 5.56 Å². The van der Waals surface area contributed by atoms with E-state index in [1.54, 1.807) is 37.4 Å². The lowest BCUT2D eigenvalue weighted by molar-refractivity contribution is -0.138. The predicted molar refractivity (Wildman–Crippen MR) is 88.1 cm³/mol. The van der Waals surface area contributed by atoms with Gasteiger partial charge in [-0.3, -0.25) is 9.59 Å². The molecule has 1 aliphatic heterocycles. The summed E-state index contributed by atoms with van der Waals surface area (Å²) in [6.45, 7) is 0. The number of aryl methyl sites for hydroxylation is 1. The van der Waals surface area contributed by atoms with E-state index in [4.69, 9.17) is 4.74 Å². The van der Waals surface area contributed by atoms with Crippen LogP contribution in [0.15, 0.2) is 42.5 Å². The van der Waals surface area contributed by atoms with Crippen LogP contribution in [0.5, 0.6) is 5.75 Å². The van der Waals surface area contributed by atoms with Crippen molar-refractivity contribution in [3.8, 4) is 5.75 Å². The molecule has 1 amide bonds. The smallest absolute Gasteiger partial charge is 0.261 e. The third kappa shape index (κ3) is 1.91. The number of para-hydroxylation sites is 1. The van der Waals surface area contributed by atoms with Gasteiger partial charge < -0.3 is 15.2 Å². The monoisotopic (exact) mass is 323 g/mol. The molecule has 2 N–H and O–H groups in total. The summed E-state index contributed by atoms with van der Waals surface area (Å²) in [5, 5.41) is 13.9. The number of carbonyl (C=O) groups excluding carboxylic acids is 2. The number of benzene rings is 2. The fourth-order valence-electron chi connectivity index (χ4n) is 3.76. The second kappa shape index (κ2) is 5.18. The summed E-state index contributed by atoms with van der Waals surface area (Å²) in [5.74, 6) is -0.968. The molecule has 2 aromatic carbocycles. The molecule has 0 saturated heterocycles. The lowest BCUT2D eigenvalue weighted by Crippen LogP contribution is -2.47. The molecule has 5 heteroatoms. The molecule has 24 heavy (non-hydrogen) atoms. The largest absolute Gasteiger partial charge is 0.497 e. The van der Waals surface area contributed by atoms with Gasteiger partial charge in [-0.25, -0.2) is 0 Å². The summed E-state index contributed by atoms with van der Waals surface area (Å²) in [6, 6.07) is 12.3. The standard InChI is InChI=1S/C19H17NO4/c1-24-12-8-6-11-7-9-15(17(21)13(11)10-12)19(23)14-4-2-3-5-16(14)20-18(19)22/h2-6,8,10,15,23H,7,9H2,1H3,(H,20,22)/t15-,19-/m1/s1. The maximum Gasteiger partial charge on any atom is 0.261 e. The van der Waals surface area contributed by atoms with Crippen molar-refractivity contribution in [3.63, 3.8) is 0 Å². The van der Waals surface area contributed by atoms with E-state index in [1.165, 1.54) is 0 Å². The van der Waals surface area contributed by atoms with Gasteiger partial charge in [0.1, 0.15) is 5.75 Å². The first-order valence-corrected chi connectivity index (χ1v) is 7.90. The number of methoxy groups -OCH3 is 1. The van der Waals surface area contributed by atoms with Gasteiger partial charge in [0.25, 0.3) is 5.91 Å².